The second kappa shape index (κ2) is 8.54. The summed E-state index contributed by atoms with van der Waals surface area (Å²) in [5.41, 5.74) is 1.25. The van der Waals surface area contributed by atoms with Crippen molar-refractivity contribution in [1.82, 2.24) is 10.6 Å². The third kappa shape index (κ3) is 5.15. The van der Waals surface area contributed by atoms with Gasteiger partial charge in [-0.3, -0.25) is 9.59 Å². The van der Waals surface area contributed by atoms with Crippen LogP contribution in [0.15, 0.2) is 24.3 Å². The molecule has 1 unspecified atom stereocenters. The highest BCUT2D eigenvalue weighted by molar-refractivity contribution is 5.97. The summed E-state index contributed by atoms with van der Waals surface area (Å²) < 4.78 is 0. The molecule has 1 aromatic carbocycles. The molecule has 1 atom stereocenters. The second-order valence-corrected chi connectivity index (χ2v) is 5.78. The van der Waals surface area contributed by atoms with Gasteiger partial charge in [-0.25, -0.2) is 0 Å². The molecular formula is C17H25N3O2. The second-order valence-electron chi connectivity index (χ2n) is 5.78. The van der Waals surface area contributed by atoms with Crippen LogP contribution in [0.3, 0.4) is 0 Å². The van der Waals surface area contributed by atoms with Crippen LogP contribution in [0, 0.1) is 5.92 Å². The van der Waals surface area contributed by atoms with E-state index >= 15 is 0 Å². The molecule has 0 saturated carbocycles. The van der Waals surface area contributed by atoms with E-state index in [4.69, 9.17) is 0 Å². The molecule has 1 aliphatic heterocycles. The van der Waals surface area contributed by atoms with Crippen molar-refractivity contribution in [3.8, 4) is 0 Å². The molecule has 0 aliphatic carbocycles. The Morgan fingerprint density at radius 3 is 2.95 bits per heavy atom. The Balaban J connectivity index is 1.83. The van der Waals surface area contributed by atoms with Crippen molar-refractivity contribution in [2.75, 3.05) is 25.0 Å². The molecule has 1 aliphatic rings. The van der Waals surface area contributed by atoms with Crippen molar-refractivity contribution in [2.45, 2.75) is 32.6 Å². The van der Waals surface area contributed by atoms with Crippen LogP contribution >= 0.6 is 0 Å². The largest absolute Gasteiger partial charge is 0.352 e. The number of benzene rings is 1. The number of nitrogens with one attached hydrogen (secondary N) is 3. The van der Waals surface area contributed by atoms with Crippen molar-refractivity contribution < 1.29 is 9.59 Å². The zero-order valence-electron chi connectivity index (χ0n) is 13.2. The van der Waals surface area contributed by atoms with E-state index < -0.39 is 0 Å². The summed E-state index contributed by atoms with van der Waals surface area (Å²) in [6.07, 6.45) is 3.49. The van der Waals surface area contributed by atoms with Gasteiger partial charge in [-0.1, -0.05) is 13.0 Å². The van der Waals surface area contributed by atoms with Crippen LogP contribution < -0.4 is 16.0 Å². The molecular weight excluding hydrogens is 278 g/mol. The summed E-state index contributed by atoms with van der Waals surface area (Å²) in [6, 6.07) is 7.08. The van der Waals surface area contributed by atoms with Gasteiger partial charge in [-0.15, -0.1) is 0 Å². The molecule has 0 radical (unpaired) electrons. The number of carbonyl (C=O) groups is 2. The van der Waals surface area contributed by atoms with Gasteiger partial charge in [-0.05, 0) is 56.5 Å². The van der Waals surface area contributed by atoms with Gasteiger partial charge in [0, 0.05) is 24.2 Å². The van der Waals surface area contributed by atoms with E-state index in [0.717, 1.165) is 32.4 Å². The average molecular weight is 303 g/mol. The minimum Gasteiger partial charge on any atom is -0.352 e. The fraction of sp³-hybridized carbons (Fsp3) is 0.529. The summed E-state index contributed by atoms with van der Waals surface area (Å²) >= 11 is 0. The average Bonchev–Trinajstić information content (AvgIpc) is 3.04. The van der Waals surface area contributed by atoms with E-state index in [1.54, 1.807) is 18.2 Å². The first-order valence-electron chi connectivity index (χ1n) is 8.08. The zero-order valence-corrected chi connectivity index (χ0v) is 13.2. The molecule has 22 heavy (non-hydrogen) atoms. The first-order chi connectivity index (χ1) is 10.7. The quantitative estimate of drug-likeness (QED) is 0.723. The zero-order chi connectivity index (χ0) is 15.8. The molecule has 0 aromatic heterocycles. The summed E-state index contributed by atoms with van der Waals surface area (Å²) in [5.74, 6) is 0.518. The van der Waals surface area contributed by atoms with Gasteiger partial charge in [0.15, 0.2) is 0 Å². The number of carbonyl (C=O) groups excluding carboxylic acids is 2. The Hall–Kier alpha value is -1.88. The van der Waals surface area contributed by atoms with Crippen molar-refractivity contribution >= 4 is 17.5 Å². The van der Waals surface area contributed by atoms with Crippen molar-refractivity contribution in [3.05, 3.63) is 29.8 Å². The molecule has 5 nitrogen and oxygen atoms in total. The summed E-state index contributed by atoms with van der Waals surface area (Å²) in [5, 5.41) is 9.02. The SMILES string of the molecule is CCCNC(=O)c1cccc(NC(=O)CCC2CCNC2)c1. The van der Waals surface area contributed by atoms with Gasteiger partial charge in [0.05, 0.1) is 0 Å². The van der Waals surface area contributed by atoms with Crippen LogP contribution in [0.2, 0.25) is 0 Å². The van der Waals surface area contributed by atoms with Crippen LogP contribution in [0.4, 0.5) is 5.69 Å². The third-order valence-corrected chi connectivity index (χ3v) is 3.89. The van der Waals surface area contributed by atoms with Crippen LogP contribution in [0.5, 0.6) is 0 Å². The Morgan fingerprint density at radius 1 is 1.36 bits per heavy atom. The van der Waals surface area contributed by atoms with Crippen molar-refractivity contribution in [1.29, 1.82) is 0 Å². The van der Waals surface area contributed by atoms with E-state index in [0.29, 0.717) is 30.1 Å². The van der Waals surface area contributed by atoms with Crippen LogP contribution in [-0.4, -0.2) is 31.4 Å². The topological polar surface area (TPSA) is 70.2 Å². The predicted octanol–water partition coefficient (Wildman–Crippen LogP) is 2.15. The molecule has 120 valence electrons. The lowest BCUT2D eigenvalue weighted by Crippen LogP contribution is -2.24. The van der Waals surface area contributed by atoms with E-state index in [1.807, 2.05) is 13.0 Å². The molecule has 5 heteroatoms. The van der Waals surface area contributed by atoms with Crippen molar-refractivity contribution in [3.63, 3.8) is 0 Å². The monoisotopic (exact) mass is 303 g/mol. The Kier molecular flexibility index (Phi) is 6.40. The van der Waals surface area contributed by atoms with E-state index in [9.17, 15) is 9.59 Å². The highest BCUT2D eigenvalue weighted by atomic mass is 16.2. The minimum atomic E-state index is -0.102. The number of anilines is 1. The molecule has 1 fully saturated rings. The maximum atomic E-state index is 12.0. The predicted molar refractivity (Wildman–Crippen MR) is 87.9 cm³/mol. The summed E-state index contributed by atoms with van der Waals surface area (Å²) in [6.45, 7) is 4.74. The Labute approximate surface area is 131 Å². The minimum absolute atomic E-state index is 0.0121. The number of hydrogen-bond donors (Lipinski definition) is 3. The van der Waals surface area contributed by atoms with Gasteiger partial charge < -0.3 is 16.0 Å². The molecule has 2 rings (SSSR count). The first-order valence-corrected chi connectivity index (χ1v) is 8.08. The lowest BCUT2D eigenvalue weighted by molar-refractivity contribution is -0.116. The maximum Gasteiger partial charge on any atom is 0.251 e. The van der Waals surface area contributed by atoms with E-state index in [-0.39, 0.29) is 11.8 Å². The Morgan fingerprint density at radius 2 is 2.23 bits per heavy atom. The highest BCUT2D eigenvalue weighted by Gasteiger charge is 2.15. The van der Waals surface area contributed by atoms with Crippen molar-refractivity contribution in [2.24, 2.45) is 5.92 Å². The fourth-order valence-corrected chi connectivity index (χ4v) is 2.60. The molecule has 1 heterocycles. The van der Waals surface area contributed by atoms with Gasteiger partial charge in [0.2, 0.25) is 5.91 Å². The van der Waals surface area contributed by atoms with E-state index in [2.05, 4.69) is 16.0 Å². The summed E-state index contributed by atoms with van der Waals surface area (Å²) in [4.78, 5) is 23.9. The smallest absolute Gasteiger partial charge is 0.251 e. The fourth-order valence-electron chi connectivity index (χ4n) is 2.60. The number of rotatable bonds is 7. The third-order valence-electron chi connectivity index (χ3n) is 3.89. The summed E-state index contributed by atoms with van der Waals surface area (Å²) in [7, 11) is 0. The van der Waals surface area contributed by atoms with Crippen LogP contribution in [-0.2, 0) is 4.79 Å². The van der Waals surface area contributed by atoms with Crippen LogP contribution in [0.1, 0.15) is 43.0 Å². The van der Waals surface area contributed by atoms with Crippen LogP contribution in [0.25, 0.3) is 0 Å². The molecule has 1 saturated heterocycles. The molecule has 2 amide bonds. The van der Waals surface area contributed by atoms with Gasteiger partial charge in [-0.2, -0.15) is 0 Å². The van der Waals surface area contributed by atoms with E-state index in [1.165, 1.54) is 0 Å². The Bertz CT molecular complexity index is 510. The van der Waals surface area contributed by atoms with Gasteiger partial charge in [0.1, 0.15) is 0 Å². The standard InChI is InChI=1S/C17H25N3O2/c1-2-9-19-17(22)14-4-3-5-15(11-14)20-16(21)7-6-13-8-10-18-12-13/h3-5,11,13,18H,2,6-10,12H2,1H3,(H,19,22)(H,20,21). The normalized spacial score (nSPS) is 17.2. The first kappa shape index (κ1) is 16.5. The van der Waals surface area contributed by atoms with Gasteiger partial charge >= 0.3 is 0 Å². The maximum absolute atomic E-state index is 12.0. The molecule has 0 bridgehead atoms. The molecule has 0 spiro atoms. The highest BCUT2D eigenvalue weighted by Crippen LogP contribution is 2.16. The number of hydrogen-bond acceptors (Lipinski definition) is 3. The lowest BCUT2D eigenvalue weighted by Gasteiger charge is -2.10. The number of amides is 2. The van der Waals surface area contributed by atoms with Gasteiger partial charge in [0.25, 0.3) is 5.91 Å². The molecule has 3 N–H and O–H groups in total. The lowest BCUT2D eigenvalue weighted by atomic mass is 10.0. The molecule has 1 aromatic rings.